The van der Waals surface area contributed by atoms with Crippen LogP contribution in [0.15, 0.2) is 16.6 Å². The summed E-state index contributed by atoms with van der Waals surface area (Å²) in [4.78, 5) is 15.3. The molecule has 2 N–H and O–H groups in total. The van der Waals surface area contributed by atoms with Crippen molar-refractivity contribution in [1.82, 2.24) is 0 Å². The normalized spacial score (nSPS) is 11.4. The van der Waals surface area contributed by atoms with Crippen LogP contribution in [0.3, 0.4) is 0 Å². The molecule has 0 atom stereocenters. The molecule has 6 heteroatoms. The van der Waals surface area contributed by atoms with Crippen LogP contribution in [0.25, 0.3) is 0 Å². The number of carbonyl (C=O) groups is 1. The van der Waals surface area contributed by atoms with Crippen LogP contribution in [0.2, 0.25) is 0 Å². The Balaban J connectivity index is 3.02. The molecule has 1 aromatic heterocycles. The standard InChI is InChI=1S/C7H7ClN2O2S/c1-12-10-6(7(8)11)4-2-5(9)13-3-4/h2-3H,9H2,1H3. The second kappa shape index (κ2) is 4.25. The Morgan fingerprint density at radius 2 is 2.46 bits per heavy atom. The molecule has 70 valence electrons. The van der Waals surface area contributed by atoms with Gasteiger partial charge >= 0.3 is 0 Å². The van der Waals surface area contributed by atoms with Crippen LogP contribution in [-0.2, 0) is 9.63 Å². The van der Waals surface area contributed by atoms with Gasteiger partial charge in [0.05, 0.1) is 5.00 Å². The fourth-order valence-corrected chi connectivity index (χ4v) is 1.55. The third kappa shape index (κ3) is 2.43. The summed E-state index contributed by atoms with van der Waals surface area (Å²) in [6.45, 7) is 0. The maximum absolute atomic E-state index is 10.9. The number of nitrogens with two attached hydrogens (primary N) is 1. The Labute approximate surface area is 83.9 Å². The third-order valence-electron chi connectivity index (χ3n) is 1.26. The lowest BCUT2D eigenvalue weighted by molar-refractivity contribution is -0.106. The van der Waals surface area contributed by atoms with Crippen molar-refractivity contribution in [3.63, 3.8) is 0 Å². The zero-order valence-electron chi connectivity index (χ0n) is 6.78. The monoisotopic (exact) mass is 218 g/mol. The predicted molar refractivity (Wildman–Crippen MR) is 53.1 cm³/mol. The fraction of sp³-hybridized carbons (Fsp3) is 0.143. The molecule has 0 fully saturated rings. The molecule has 13 heavy (non-hydrogen) atoms. The fourth-order valence-electron chi connectivity index (χ4n) is 0.770. The number of nitrogens with zero attached hydrogens (tertiary/aromatic N) is 1. The second-order valence-electron chi connectivity index (χ2n) is 2.13. The molecule has 1 heterocycles. The molecule has 0 aromatic carbocycles. The smallest absolute Gasteiger partial charge is 0.274 e. The highest BCUT2D eigenvalue weighted by Crippen LogP contribution is 2.18. The number of oxime groups is 1. The number of carbonyl (C=O) groups excluding carboxylic acids is 1. The molecule has 0 amide bonds. The summed E-state index contributed by atoms with van der Waals surface area (Å²) >= 11 is 6.59. The highest BCUT2D eigenvalue weighted by atomic mass is 35.5. The van der Waals surface area contributed by atoms with Gasteiger partial charge in [0.15, 0.2) is 5.71 Å². The van der Waals surface area contributed by atoms with Crippen molar-refractivity contribution in [1.29, 1.82) is 0 Å². The second-order valence-corrected chi connectivity index (χ2v) is 3.42. The van der Waals surface area contributed by atoms with Crippen molar-refractivity contribution in [2.75, 3.05) is 12.8 Å². The first kappa shape index (κ1) is 10.0. The first-order valence-electron chi connectivity index (χ1n) is 3.30. The van der Waals surface area contributed by atoms with Crippen molar-refractivity contribution >= 4 is 38.9 Å². The summed E-state index contributed by atoms with van der Waals surface area (Å²) in [7, 11) is 1.34. The van der Waals surface area contributed by atoms with Crippen LogP contribution in [0.5, 0.6) is 0 Å². The topological polar surface area (TPSA) is 64.7 Å². The molecule has 1 rings (SSSR count). The lowest BCUT2D eigenvalue weighted by Gasteiger charge is -1.95. The largest absolute Gasteiger partial charge is 0.398 e. The van der Waals surface area contributed by atoms with E-state index in [4.69, 9.17) is 17.3 Å². The zero-order valence-corrected chi connectivity index (χ0v) is 8.35. The van der Waals surface area contributed by atoms with Crippen LogP contribution < -0.4 is 5.73 Å². The molecule has 0 bridgehead atoms. The Hall–Kier alpha value is -1.07. The van der Waals surface area contributed by atoms with E-state index < -0.39 is 5.24 Å². The Morgan fingerprint density at radius 1 is 1.77 bits per heavy atom. The maximum atomic E-state index is 10.9. The van der Waals surface area contributed by atoms with Crippen LogP contribution in [0.1, 0.15) is 5.56 Å². The molecule has 0 aliphatic heterocycles. The van der Waals surface area contributed by atoms with E-state index in [1.165, 1.54) is 18.4 Å². The summed E-state index contributed by atoms with van der Waals surface area (Å²) in [5, 5.41) is 5.11. The SMILES string of the molecule is CON=C(C(=O)Cl)c1csc(N)c1. The van der Waals surface area contributed by atoms with Crippen molar-refractivity contribution in [2.24, 2.45) is 5.16 Å². The Kier molecular flexibility index (Phi) is 3.27. The summed E-state index contributed by atoms with van der Waals surface area (Å²) in [5.74, 6) is 0. The van der Waals surface area contributed by atoms with Crippen molar-refractivity contribution in [3.05, 3.63) is 17.0 Å². The Morgan fingerprint density at radius 3 is 2.85 bits per heavy atom. The van der Waals surface area contributed by atoms with Crippen molar-refractivity contribution in [3.8, 4) is 0 Å². The van der Waals surface area contributed by atoms with E-state index in [1.807, 2.05) is 0 Å². The summed E-state index contributed by atoms with van der Waals surface area (Å²) < 4.78 is 0. The molecule has 0 unspecified atom stereocenters. The summed E-state index contributed by atoms with van der Waals surface area (Å²) in [6, 6.07) is 1.61. The molecule has 0 radical (unpaired) electrons. The third-order valence-corrected chi connectivity index (χ3v) is 2.20. The van der Waals surface area contributed by atoms with Gasteiger partial charge in [-0.15, -0.1) is 11.3 Å². The van der Waals surface area contributed by atoms with E-state index in [0.717, 1.165) is 0 Å². The lowest BCUT2D eigenvalue weighted by Crippen LogP contribution is -2.08. The van der Waals surface area contributed by atoms with Crippen molar-refractivity contribution in [2.45, 2.75) is 0 Å². The number of hydrogen-bond donors (Lipinski definition) is 1. The van der Waals surface area contributed by atoms with E-state index in [9.17, 15) is 4.79 Å². The van der Waals surface area contributed by atoms with Crippen LogP contribution >= 0.6 is 22.9 Å². The van der Waals surface area contributed by atoms with E-state index >= 15 is 0 Å². The number of nitrogen functional groups attached to an aromatic ring is 1. The van der Waals surface area contributed by atoms with Crippen LogP contribution in [0.4, 0.5) is 5.00 Å². The number of rotatable bonds is 3. The predicted octanol–water partition coefficient (Wildman–Crippen LogP) is 1.45. The highest BCUT2D eigenvalue weighted by Gasteiger charge is 2.13. The van der Waals surface area contributed by atoms with Crippen molar-refractivity contribution < 1.29 is 9.63 Å². The molecule has 0 aliphatic carbocycles. The van der Waals surface area contributed by atoms with Gasteiger partial charge in [0.25, 0.3) is 5.24 Å². The van der Waals surface area contributed by atoms with Gasteiger partial charge < -0.3 is 10.6 Å². The van der Waals surface area contributed by atoms with E-state index in [1.54, 1.807) is 11.4 Å². The first-order chi connectivity index (χ1) is 6.15. The van der Waals surface area contributed by atoms with Crippen LogP contribution in [-0.4, -0.2) is 18.1 Å². The minimum atomic E-state index is -0.667. The number of thiophene rings is 1. The average molecular weight is 219 g/mol. The highest BCUT2D eigenvalue weighted by molar-refractivity contribution is 7.14. The van der Waals surface area contributed by atoms with Gasteiger partial charge in [0.1, 0.15) is 7.11 Å². The van der Waals surface area contributed by atoms with E-state index in [-0.39, 0.29) is 5.71 Å². The van der Waals surface area contributed by atoms with Gasteiger partial charge in [-0.2, -0.15) is 0 Å². The number of anilines is 1. The molecule has 0 aliphatic rings. The molecular weight excluding hydrogens is 212 g/mol. The molecular formula is C7H7ClN2O2S. The first-order valence-corrected chi connectivity index (χ1v) is 4.56. The molecule has 0 spiro atoms. The van der Waals surface area contributed by atoms with Gasteiger partial charge in [0, 0.05) is 10.9 Å². The molecule has 1 aromatic rings. The number of hydrogen-bond acceptors (Lipinski definition) is 5. The summed E-state index contributed by atoms with van der Waals surface area (Å²) in [5.41, 5.74) is 6.12. The molecule has 0 saturated heterocycles. The molecule has 0 saturated carbocycles. The maximum Gasteiger partial charge on any atom is 0.274 e. The average Bonchev–Trinajstić information content (AvgIpc) is 2.46. The lowest BCUT2D eigenvalue weighted by atomic mass is 10.2. The molecule has 4 nitrogen and oxygen atoms in total. The van der Waals surface area contributed by atoms with E-state index in [2.05, 4.69) is 9.99 Å². The van der Waals surface area contributed by atoms with Gasteiger partial charge in [0.2, 0.25) is 0 Å². The number of halogens is 1. The van der Waals surface area contributed by atoms with Gasteiger partial charge in [-0.1, -0.05) is 5.16 Å². The minimum Gasteiger partial charge on any atom is -0.398 e. The Bertz CT molecular complexity index is 348. The summed E-state index contributed by atoms with van der Waals surface area (Å²) in [6.07, 6.45) is 0. The zero-order chi connectivity index (χ0) is 9.84. The quantitative estimate of drug-likeness (QED) is 0.475. The van der Waals surface area contributed by atoms with Gasteiger partial charge in [-0.3, -0.25) is 4.79 Å². The van der Waals surface area contributed by atoms with E-state index in [0.29, 0.717) is 10.6 Å². The van der Waals surface area contributed by atoms with Gasteiger partial charge in [-0.05, 0) is 17.7 Å². The van der Waals surface area contributed by atoms with Gasteiger partial charge in [-0.25, -0.2) is 0 Å². The minimum absolute atomic E-state index is 0.0668. The van der Waals surface area contributed by atoms with Crippen LogP contribution in [0, 0.1) is 0 Å².